The molecule has 0 radical (unpaired) electrons. The molecule has 0 aliphatic carbocycles. The van der Waals surface area contributed by atoms with E-state index in [-0.39, 0.29) is 18.3 Å². The molecule has 4 unspecified atom stereocenters. The van der Waals surface area contributed by atoms with Gasteiger partial charge in [0.1, 0.15) is 18.1 Å². The predicted octanol–water partition coefficient (Wildman–Crippen LogP) is 0.437. The molecule has 0 saturated heterocycles. The highest BCUT2D eigenvalue weighted by Crippen LogP contribution is 2.10. The Labute approximate surface area is 201 Å². The van der Waals surface area contributed by atoms with Crippen molar-refractivity contribution in [1.82, 2.24) is 16.0 Å². The van der Waals surface area contributed by atoms with E-state index in [0.29, 0.717) is 38.0 Å². The largest absolute Gasteiger partial charge is 0.480 e. The zero-order chi connectivity index (χ0) is 25.6. The number of nitrogens with one attached hydrogen (secondary N) is 3. The van der Waals surface area contributed by atoms with Crippen molar-refractivity contribution < 1.29 is 24.3 Å². The van der Waals surface area contributed by atoms with Crippen LogP contribution in [-0.2, 0) is 19.2 Å². The second kappa shape index (κ2) is 16.7. The van der Waals surface area contributed by atoms with Gasteiger partial charge in [0.25, 0.3) is 0 Å². The normalized spacial score (nSPS) is 14.9. The number of hydrogen-bond acceptors (Lipinski definition) is 7. The average Bonchev–Trinajstić information content (AvgIpc) is 2.73. The van der Waals surface area contributed by atoms with Crippen LogP contribution in [0.1, 0.15) is 59.8 Å². The van der Waals surface area contributed by atoms with E-state index in [0.717, 1.165) is 0 Å². The first-order valence-electron chi connectivity index (χ1n) is 11.5. The van der Waals surface area contributed by atoms with Crippen LogP contribution in [0.15, 0.2) is 0 Å². The lowest BCUT2D eigenvalue weighted by Gasteiger charge is -2.26. The van der Waals surface area contributed by atoms with Crippen LogP contribution in [0.2, 0.25) is 0 Å². The molecule has 0 aromatic carbocycles. The number of rotatable bonds is 17. The second-order valence-electron chi connectivity index (χ2n) is 8.99. The molecule has 8 N–H and O–H groups in total. The maximum Gasteiger partial charge on any atom is 0.326 e. The molecule has 3 amide bonds. The Balaban J connectivity index is 5.48. The summed E-state index contributed by atoms with van der Waals surface area (Å²) in [5.41, 5.74) is 11.5. The first-order chi connectivity index (χ1) is 15.4. The Bertz CT molecular complexity index is 632. The SMILES string of the molecule is CSCCC(NC(=O)C(CCCCN)NC(=O)C(CC(C)C)NC(=O)C(N)C(C)C)C(=O)O. The van der Waals surface area contributed by atoms with E-state index >= 15 is 0 Å². The van der Waals surface area contributed by atoms with Crippen molar-refractivity contribution in [2.24, 2.45) is 23.3 Å². The van der Waals surface area contributed by atoms with Crippen LogP contribution >= 0.6 is 11.8 Å². The van der Waals surface area contributed by atoms with E-state index < -0.39 is 47.9 Å². The zero-order valence-corrected chi connectivity index (χ0v) is 21.4. The molecule has 0 spiro atoms. The van der Waals surface area contributed by atoms with Crippen molar-refractivity contribution in [3.8, 4) is 0 Å². The van der Waals surface area contributed by atoms with Crippen LogP contribution in [-0.4, -0.2) is 71.5 Å². The molecule has 0 bridgehead atoms. The maximum absolute atomic E-state index is 13.1. The van der Waals surface area contributed by atoms with E-state index in [1.54, 1.807) is 0 Å². The van der Waals surface area contributed by atoms with Crippen molar-refractivity contribution in [3.63, 3.8) is 0 Å². The molecule has 0 saturated carbocycles. The molecule has 33 heavy (non-hydrogen) atoms. The first-order valence-corrected chi connectivity index (χ1v) is 12.9. The Kier molecular flexibility index (Phi) is 15.8. The monoisotopic (exact) mass is 489 g/mol. The number of carboxylic acid groups (broad SMARTS) is 1. The highest BCUT2D eigenvalue weighted by molar-refractivity contribution is 7.98. The zero-order valence-electron chi connectivity index (χ0n) is 20.6. The topological polar surface area (TPSA) is 177 Å². The van der Waals surface area contributed by atoms with Gasteiger partial charge in [0, 0.05) is 0 Å². The fourth-order valence-corrected chi connectivity index (χ4v) is 3.54. The van der Waals surface area contributed by atoms with Gasteiger partial charge in [-0.3, -0.25) is 14.4 Å². The summed E-state index contributed by atoms with van der Waals surface area (Å²) < 4.78 is 0. The van der Waals surface area contributed by atoms with Crippen LogP contribution < -0.4 is 27.4 Å². The van der Waals surface area contributed by atoms with E-state index in [1.807, 2.05) is 34.0 Å². The molecule has 10 nitrogen and oxygen atoms in total. The summed E-state index contributed by atoms with van der Waals surface area (Å²) in [4.78, 5) is 49.9. The number of hydrogen-bond donors (Lipinski definition) is 6. The van der Waals surface area contributed by atoms with Crippen LogP contribution in [0.25, 0.3) is 0 Å². The second-order valence-corrected chi connectivity index (χ2v) is 9.97. The number of carboxylic acids is 1. The van der Waals surface area contributed by atoms with Gasteiger partial charge < -0.3 is 32.5 Å². The van der Waals surface area contributed by atoms with Crippen molar-refractivity contribution in [2.75, 3.05) is 18.6 Å². The highest BCUT2D eigenvalue weighted by atomic mass is 32.2. The average molecular weight is 490 g/mol. The predicted molar refractivity (Wildman–Crippen MR) is 132 cm³/mol. The number of aliphatic carboxylic acids is 1. The molecule has 11 heteroatoms. The number of nitrogens with two attached hydrogens (primary N) is 2. The molecule has 4 atom stereocenters. The Hall–Kier alpha value is -1.85. The Morgan fingerprint density at radius 1 is 0.848 bits per heavy atom. The van der Waals surface area contributed by atoms with Gasteiger partial charge in [-0.15, -0.1) is 0 Å². The summed E-state index contributed by atoms with van der Waals surface area (Å²) in [6, 6.07) is -3.61. The van der Waals surface area contributed by atoms with Gasteiger partial charge in [-0.2, -0.15) is 11.8 Å². The molecule has 0 aromatic rings. The van der Waals surface area contributed by atoms with Gasteiger partial charge in [0.15, 0.2) is 0 Å². The minimum atomic E-state index is -1.13. The van der Waals surface area contributed by atoms with E-state index in [1.165, 1.54) is 11.8 Å². The summed E-state index contributed by atoms with van der Waals surface area (Å²) >= 11 is 1.48. The van der Waals surface area contributed by atoms with Crippen LogP contribution in [0.4, 0.5) is 0 Å². The van der Waals surface area contributed by atoms with Crippen LogP contribution in [0.3, 0.4) is 0 Å². The number of unbranched alkanes of at least 4 members (excludes halogenated alkanes) is 1. The van der Waals surface area contributed by atoms with Gasteiger partial charge in [0.05, 0.1) is 6.04 Å². The lowest BCUT2D eigenvalue weighted by Crippen LogP contribution is -2.57. The molecular formula is C22H43N5O5S. The van der Waals surface area contributed by atoms with Gasteiger partial charge in [-0.1, -0.05) is 27.7 Å². The molecule has 192 valence electrons. The van der Waals surface area contributed by atoms with E-state index in [2.05, 4.69) is 16.0 Å². The molecule has 0 aliphatic heterocycles. The Morgan fingerprint density at radius 3 is 1.88 bits per heavy atom. The molecule has 0 aromatic heterocycles. The smallest absolute Gasteiger partial charge is 0.326 e. The molecule has 0 aliphatic rings. The van der Waals surface area contributed by atoms with Crippen molar-refractivity contribution in [2.45, 2.75) is 84.0 Å². The summed E-state index contributed by atoms with van der Waals surface area (Å²) in [6.07, 6.45) is 4.03. The first kappa shape index (κ1) is 31.1. The van der Waals surface area contributed by atoms with Gasteiger partial charge in [-0.25, -0.2) is 4.79 Å². The molecule has 0 fully saturated rings. The molecule has 0 rings (SSSR count). The van der Waals surface area contributed by atoms with Gasteiger partial charge in [-0.05, 0) is 62.5 Å². The maximum atomic E-state index is 13.1. The quantitative estimate of drug-likeness (QED) is 0.159. The highest BCUT2D eigenvalue weighted by Gasteiger charge is 2.30. The third-order valence-electron chi connectivity index (χ3n) is 5.17. The summed E-state index contributed by atoms with van der Waals surface area (Å²) in [5.74, 6) is -2.06. The summed E-state index contributed by atoms with van der Waals surface area (Å²) in [7, 11) is 0. The number of carbonyl (C=O) groups is 4. The third-order valence-corrected chi connectivity index (χ3v) is 5.81. The lowest BCUT2D eigenvalue weighted by molar-refractivity contribution is -0.142. The summed E-state index contributed by atoms with van der Waals surface area (Å²) in [5, 5.41) is 17.4. The van der Waals surface area contributed by atoms with Gasteiger partial charge in [0.2, 0.25) is 17.7 Å². The number of carbonyl (C=O) groups excluding carboxylic acids is 3. The minimum absolute atomic E-state index is 0.100. The van der Waals surface area contributed by atoms with Gasteiger partial charge >= 0.3 is 5.97 Å². The molecular weight excluding hydrogens is 446 g/mol. The lowest BCUT2D eigenvalue weighted by atomic mass is 9.99. The van der Waals surface area contributed by atoms with Crippen molar-refractivity contribution >= 4 is 35.5 Å². The fourth-order valence-electron chi connectivity index (χ4n) is 3.07. The standard InChI is InChI=1S/C22H43N5O5S/c1-13(2)12-17(27-21(30)18(24)14(3)4)20(29)25-15(8-6-7-10-23)19(28)26-16(22(31)32)9-11-33-5/h13-18H,6-12,23-24H2,1-5H3,(H,25,29)(H,26,28)(H,27,30)(H,31,32). The van der Waals surface area contributed by atoms with Crippen LogP contribution in [0.5, 0.6) is 0 Å². The van der Waals surface area contributed by atoms with Crippen LogP contribution in [0, 0.1) is 11.8 Å². The number of amides is 3. The van der Waals surface area contributed by atoms with Crippen molar-refractivity contribution in [1.29, 1.82) is 0 Å². The molecule has 0 heterocycles. The third kappa shape index (κ3) is 12.8. The Morgan fingerprint density at radius 2 is 1.39 bits per heavy atom. The van der Waals surface area contributed by atoms with E-state index in [9.17, 15) is 24.3 Å². The fraction of sp³-hybridized carbons (Fsp3) is 0.818. The number of thioether (sulfide) groups is 1. The van der Waals surface area contributed by atoms with E-state index in [4.69, 9.17) is 11.5 Å². The minimum Gasteiger partial charge on any atom is -0.480 e. The van der Waals surface area contributed by atoms with Crippen molar-refractivity contribution in [3.05, 3.63) is 0 Å². The summed E-state index contributed by atoms with van der Waals surface area (Å²) in [6.45, 7) is 7.91.